The Labute approximate surface area is 164 Å². The van der Waals surface area contributed by atoms with Crippen molar-refractivity contribution in [2.75, 3.05) is 39.1 Å². The van der Waals surface area contributed by atoms with Gasteiger partial charge >= 0.3 is 0 Å². The molecule has 7 heteroatoms. The van der Waals surface area contributed by atoms with E-state index in [2.05, 4.69) is 4.90 Å². The predicted octanol–water partition coefficient (Wildman–Crippen LogP) is 2.82. The van der Waals surface area contributed by atoms with E-state index < -0.39 is 6.10 Å². The predicted molar refractivity (Wildman–Crippen MR) is 106 cm³/mol. The van der Waals surface area contributed by atoms with E-state index in [1.807, 2.05) is 24.3 Å². The summed E-state index contributed by atoms with van der Waals surface area (Å²) in [6.45, 7) is 2.32. The van der Waals surface area contributed by atoms with Gasteiger partial charge in [0.15, 0.2) is 0 Å². The second-order valence-corrected chi connectivity index (χ2v) is 7.05. The molecule has 0 amide bonds. The number of hydrogen-bond acceptors (Lipinski definition) is 6. The molecule has 1 fully saturated rings. The number of halogens is 1. The summed E-state index contributed by atoms with van der Waals surface area (Å²) in [6, 6.07) is 12.6. The van der Waals surface area contributed by atoms with Crippen molar-refractivity contribution in [3.8, 4) is 17.2 Å². The van der Waals surface area contributed by atoms with Crippen LogP contribution < -0.4 is 19.9 Å². The number of aliphatic hydroxyl groups is 1. The molecule has 2 unspecified atom stereocenters. The number of ether oxygens (including phenoxy) is 3. The minimum absolute atomic E-state index is 0.105. The highest BCUT2D eigenvalue weighted by atomic mass is 35.5. The Morgan fingerprint density at radius 3 is 2.70 bits per heavy atom. The highest BCUT2D eigenvalue weighted by Gasteiger charge is 2.25. The van der Waals surface area contributed by atoms with Crippen LogP contribution in [-0.4, -0.2) is 55.6 Å². The third kappa shape index (κ3) is 5.66. The maximum atomic E-state index is 10.3. The number of nitrogens with two attached hydrogens (primary N) is 1. The molecule has 2 atom stereocenters. The number of aliphatic hydroxyl groups excluding tert-OH is 1. The summed E-state index contributed by atoms with van der Waals surface area (Å²) in [4.78, 5) is 2.17. The van der Waals surface area contributed by atoms with Gasteiger partial charge in [0.2, 0.25) is 0 Å². The van der Waals surface area contributed by atoms with E-state index in [4.69, 9.17) is 31.5 Å². The van der Waals surface area contributed by atoms with Crippen molar-refractivity contribution < 1.29 is 19.3 Å². The first kappa shape index (κ1) is 19.6. The Hall–Kier alpha value is -2.15. The van der Waals surface area contributed by atoms with Crippen molar-refractivity contribution in [1.82, 2.24) is 4.90 Å². The van der Waals surface area contributed by atoms with Gasteiger partial charge in [-0.25, -0.2) is 0 Å². The fourth-order valence-corrected chi connectivity index (χ4v) is 3.19. The SMILES string of the molecule is COc1ccc(N)c(OCC(O)CN2CCC(Oc3ccc(Cl)cc3)C2)c1. The molecule has 2 aromatic rings. The van der Waals surface area contributed by atoms with Gasteiger partial charge in [-0.1, -0.05) is 11.6 Å². The van der Waals surface area contributed by atoms with Crippen LogP contribution in [-0.2, 0) is 0 Å². The van der Waals surface area contributed by atoms with Crippen LogP contribution in [0.25, 0.3) is 0 Å². The molecule has 0 bridgehead atoms. The lowest BCUT2D eigenvalue weighted by Gasteiger charge is -2.21. The minimum Gasteiger partial charge on any atom is -0.497 e. The lowest BCUT2D eigenvalue weighted by atomic mass is 10.3. The third-order valence-corrected chi connectivity index (χ3v) is 4.72. The van der Waals surface area contributed by atoms with Gasteiger partial charge < -0.3 is 25.1 Å². The van der Waals surface area contributed by atoms with E-state index in [1.165, 1.54) is 0 Å². The molecule has 1 aliphatic rings. The van der Waals surface area contributed by atoms with Gasteiger partial charge in [-0.3, -0.25) is 4.90 Å². The van der Waals surface area contributed by atoms with Crippen LogP contribution in [0.2, 0.25) is 5.02 Å². The van der Waals surface area contributed by atoms with Gasteiger partial charge in [0.05, 0.1) is 12.8 Å². The van der Waals surface area contributed by atoms with E-state index in [0.29, 0.717) is 28.8 Å². The molecular formula is C20H25ClN2O4. The van der Waals surface area contributed by atoms with Gasteiger partial charge in [0.1, 0.15) is 36.1 Å². The Morgan fingerprint density at radius 1 is 1.22 bits per heavy atom. The summed E-state index contributed by atoms with van der Waals surface area (Å²) in [5.74, 6) is 1.98. The topological polar surface area (TPSA) is 77.2 Å². The third-order valence-electron chi connectivity index (χ3n) is 4.47. The van der Waals surface area contributed by atoms with E-state index in [1.54, 1.807) is 25.3 Å². The molecule has 2 aromatic carbocycles. The maximum Gasteiger partial charge on any atom is 0.146 e. The number of nitrogens with zero attached hydrogens (tertiary/aromatic N) is 1. The zero-order valence-electron chi connectivity index (χ0n) is 15.3. The summed E-state index contributed by atoms with van der Waals surface area (Å²) < 4.78 is 16.8. The molecule has 146 valence electrons. The van der Waals surface area contributed by atoms with Crippen LogP contribution in [0.3, 0.4) is 0 Å². The first-order valence-corrected chi connectivity index (χ1v) is 9.30. The first-order valence-electron chi connectivity index (χ1n) is 8.92. The zero-order chi connectivity index (χ0) is 19.2. The number of likely N-dealkylation sites (tertiary alicyclic amines) is 1. The molecule has 0 radical (unpaired) electrons. The molecule has 3 N–H and O–H groups in total. The summed E-state index contributed by atoms with van der Waals surface area (Å²) in [5.41, 5.74) is 6.41. The summed E-state index contributed by atoms with van der Waals surface area (Å²) in [6.07, 6.45) is 0.400. The standard InChI is InChI=1S/C20H25ClN2O4/c1-25-17-6-7-19(22)20(10-17)26-13-15(24)11-23-9-8-18(12-23)27-16-4-2-14(21)3-5-16/h2-7,10,15,18,24H,8-9,11-13,22H2,1H3. The minimum atomic E-state index is -0.620. The first-order chi connectivity index (χ1) is 13.0. The lowest BCUT2D eigenvalue weighted by Crippen LogP contribution is -2.35. The normalized spacial score (nSPS) is 18.3. The van der Waals surface area contributed by atoms with Crippen LogP contribution in [0, 0.1) is 0 Å². The Morgan fingerprint density at radius 2 is 1.96 bits per heavy atom. The summed E-state index contributed by atoms with van der Waals surface area (Å²) in [5, 5.41) is 11.0. The number of methoxy groups -OCH3 is 1. The molecule has 3 rings (SSSR count). The number of rotatable bonds is 8. The fourth-order valence-electron chi connectivity index (χ4n) is 3.07. The van der Waals surface area contributed by atoms with Gasteiger partial charge in [-0.2, -0.15) is 0 Å². The quantitative estimate of drug-likeness (QED) is 0.673. The molecule has 0 aromatic heterocycles. The largest absolute Gasteiger partial charge is 0.497 e. The summed E-state index contributed by atoms with van der Waals surface area (Å²) >= 11 is 5.89. The number of hydrogen-bond donors (Lipinski definition) is 2. The van der Waals surface area contributed by atoms with Crippen molar-refractivity contribution in [3.05, 3.63) is 47.5 Å². The average molecular weight is 393 g/mol. The summed E-state index contributed by atoms with van der Waals surface area (Å²) in [7, 11) is 1.58. The van der Waals surface area contributed by atoms with Crippen molar-refractivity contribution in [1.29, 1.82) is 0 Å². The smallest absolute Gasteiger partial charge is 0.146 e. The maximum absolute atomic E-state index is 10.3. The van der Waals surface area contributed by atoms with Crippen molar-refractivity contribution >= 4 is 17.3 Å². The average Bonchev–Trinajstić information content (AvgIpc) is 3.09. The molecule has 1 heterocycles. The fraction of sp³-hybridized carbons (Fsp3) is 0.400. The second kappa shape index (κ2) is 9.17. The highest BCUT2D eigenvalue weighted by molar-refractivity contribution is 6.30. The van der Waals surface area contributed by atoms with Crippen LogP contribution in [0.5, 0.6) is 17.2 Å². The lowest BCUT2D eigenvalue weighted by molar-refractivity contribution is 0.0722. The molecule has 0 spiro atoms. The van der Waals surface area contributed by atoms with Crippen LogP contribution in [0.1, 0.15) is 6.42 Å². The number of benzene rings is 2. The number of β-amino-alcohol motifs (C(OH)–C–C–N with tert-alkyl or cyclic N) is 1. The zero-order valence-corrected chi connectivity index (χ0v) is 16.1. The van der Waals surface area contributed by atoms with Crippen molar-refractivity contribution in [2.24, 2.45) is 0 Å². The van der Waals surface area contributed by atoms with Crippen molar-refractivity contribution in [2.45, 2.75) is 18.6 Å². The Kier molecular flexibility index (Phi) is 6.66. The molecule has 0 aliphatic carbocycles. The molecule has 1 aliphatic heterocycles. The molecule has 0 saturated carbocycles. The van der Waals surface area contributed by atoms with Crippen LogP contribution >= 0.6 is 11.6 Å². The molecule has 6 nitrogen and oxygen atoms in total. The number of nitrogen functional groups attached to an aromatic ring is 1. The monoisotopic (exact) mass is 392 g/mol. The van der Waals surface area contributed by atoms with E-state index >= 15 is 0 Å². The van der Waals surface area contributed by atoms with Crippen molar-refractivity contribution in [3.63, 3.8) is 0 Å². The van der Waals surface area contributed by atoms with Gasteiger partial charge in [0, 0.05) is 30.7 Å². The molecule has 1 saturated heterocycles. The van der Waals surface area contributed by atoms with E-state index in [-0.39, 0.29) is 12.7 Å². The van der Waals surface area contributed by atoms with E-state index in [0.717, 1.165) is 25.3 Å². The Bertz CT molecular complexity index is 741. The molecular weight excluding hydrogens is 368 g/mol. The van der Waals surface area contributed by atoms with Gasteiger partial charge in [0.25, 0.3) is 0 Å². The van der Waals surface area contributed by atoms with Crippen LogP contribution in [0.15, 0.2) is 42.5 Å². The van der Waals surface area contributed by atoms with Gasteiger partial charge in [-0.15, -0.1) is 0 Å². The van der Waals surface area contributed by atoms with Gasteiger partial charge in [-0.05, 0) is 42.8 Å². The highest BCUT2D eigenvalue weighted by Crippen LogP contribution is 2.27. The molecule has 27 heavy (non-hydrogen) atoms. The second-order valence-electron chi connectivity index (χ2n) is 6.61. The van der Waals surface area contributed by atoms with Crippen LogP contribution in [0.4, 0.5) is 5.69 Å². The number of anilines is 1. The van der Waals surface area contributed by atoms with E-state index in [9.17, 15) is 5.11 Å². The Balaban J connectivity index is 1.43.